The summed E-state index contributed by atoms with van der Waals surface area (Å²) in [4.78, 5) is 16.6. The van der Waals surface area contributed by atoms with Gasteiger partial charge in [0.05, 0.1) is 12.3 Å². The molecule has 140 valence electrons. The number of carbonyl (C=O) groups is 1. The molecule has 3 aromatic rings. The molecule has 0 fully saturated rings. The van der Waals surface area contributed by atoms with Crippen molar-refractivity contribution >= 4 is 34.0 Å². The first kappa shape index (κ1) is 19.4. The Morgan fingerprint density at radius 1 is 1.19 bits per heavy atom. The van der Waals surface area contributed by atoms with Crippen molar-refractivity contribution in [3.63, 3.8) is 0 Å². The summed E-state index contributed by atoms with van der Waals surface area (Å²) in [5.41, 5.74) is 4.10. The second-order valence-electron chi connectivity index (χ2n) is 6.32. The largest absolute Gasteiger partial charge is 0.494 e. The molecular formula is C21H21ClN2O2S. The highest BCUT2D eigenvalue weighted by molar-refractivity contribution is 7.14. The van der Waals surface area contributed by atoms with Gasteiger partial charge in [-0.25, -0.2) is 4.98 Å². The second-order valence-corrected chi connectivity index (χ2v) is 7.58. The van der Waals surface area contributed by atoms with Crippen LogP contribution in [0.25, 0.3) is 11.3 Å². The number of anilines is 1. The third-order valence-electron chi connectivity index (χ3n) is 4.04. The monoisotopic (exact) mass is 400 g/mol. The molecule has 6 heteroatoms. The van der Waals surface area contributed by atoms with Gasteiger partial charge in [-0.3, -0.25) is 4.79 Å². The van der Waals surface area contributed by atoms with Gasteiger partial charge < -0.3 is 10.1 Å². The van der Waals surface area contributed by atoms with Gasteiger partial charge in [-0.15, -0.1) is 11.3 Å². The molecule has 3 rings (SSSR count). The van der Waals surface area contributed by atoms with Crippen molar-refractivity contribution in [1.29, 1.82) is 0 Å². The van der Waals surface area contributed by atoms with Crippen LogP contribution in [0.1, 0.15) is 24.0 Å². The van der Waals surface area contributed by atoms with Crippen molar-refractivity contribution in [2.45, 2.75) is 26.7 Å². The number of halogens is 1. The molecule has 2 aromatic carbocycles. The van der Waals surface area contributed by atoms with Crippen LogP contribution in [0.2, 0.25) is 5.02 Å². The SMILES string of the molecule is Cc1ccc(-c2csc(NC(=O)CCCOc3ccc(Cl)c(C)c3)n2)cc1. The van der Waals surface area contributed by atoms with Gasteiger partial charge in [-0.05, 0) is 44.0 Å². The average Bonchev–Trinajstić information content (AvgIpc) is 3.10. The van der Waals surface area contributed by atoms with E-state index < -0.39 is 0 Å². The molecule has 0 unspecified atom stereocenters. The summed E-state index contributed by atoms with van der Waals surface area (Å²) in [5, 5.41) is 6.14. The predicted molar refractivity (Wildman–Crippen MR) is 112 cm³/mol. The molecule has 0 atom stereocenters. The van der Waals surface area contributed by atoms with Crippen molar-refractivity contribution in [3.05, 3.63) is 64.0 Å². The minimum atomic E-state index is -0.0595. The summed E-state index contributed by atoms with van der Waals surface area (Å²) in [6.07, 6.45) is 1.01. The van der Waals surface area contributed by atoms with E-state index in [-0.39, 0.29) is 5.91 Å². The van der Waals surface area contributed by atoms with Crippen LogP contribution >= 0.6 is 22.9 Å². The van der Waals surface area contributed by atoms with E-state index >= 15 is 0 Å². The van der Waals surface area contributed by atoms with E-state index in [2.05, 4.69) is 22.4 Å². The first-order valence-electron chi connectivity index (χ1n) is 8.72. The normalized spacial score (nSPS) is 10.6. The van der Waals surface area contributed by atoms with Gasteiger partial charge in [-0.2, -0.15) is 0 Å². The molecule has 0 radical (unpaired) electrons. The Morgan fingerprint density at radius 2 is 1.96 bits per heavy atom. The third kappa shape index (κ3) is 5.55. The molecule has 1 aromatic heterocycles. The number of thiazole rings is 1. The van der Waals surface area contributed by atoms with E-state index in [1.165, 1.54) is 16.9 Å². The Bertz CT molecular complexity index is 922. The molecule has 0 aliphatic rings. The number of amides is 1. The van der Waals surface area contributed by atoms with E-state index in [0.717, 1.165) is 27.6 Å². The van der Waals surface area contributed by atoms with Crippen molar-refractivity contribution in [2.24, 2.45) is 0 Å². The van der Waals surface area contributed by atoms with E-state index in [1.54, 1.807) is 0 Å². The number of hydrogen-bond acceptors (Lipinski definition) is 4. The molecule has 4 nitrogen and oxygen atoms in total. The molecule has 1 amide bonds. The summed E-state index contributed by atoms with van der Waals surface area (Å²) in [7, 11) is 0. The van der Waals surface area contributed by atoms with Gasteiger partial charge >= 0.3 is 0 Å². The number of nitrogens with one attached hydrogen (secondary N) is 1. The molecule has 0 spiro atoms. The highest BCUT2D eigenvalue weighted by Gasteiger charge is 2.08. The maximum Gasteiger partial charge on any atom is 0.226 e. The van der Waals surface area contributed by atoms with Crippen molar-refractivity contribution in [3.8, 4) is 17.0 Å². The smallest absolute Gasteiger partial charge is 0.226 e. The quantitative estimate of drug-likeness (QED) is 0.504. The molecule has 0 saturated carbocycles. The van der Waals surface area contributed by atoms with Gasteiger partial charge in [0.15, 0.2) is 5.13 Å². The topological polar surface area (TPSA) is 51.2 Å². The van der Waals surface area contributed by atoms with Crippen LogP contribution in [0.5, 0.6) is 5.75 Å². The maximum atomic E-state index is 12.1. The summed E-state index contributed by atoms with van der Waals surface area (Å²) in [6, 6.07) is 13.7. The number of ether oxygens (including phenoxy) is 1. The minimum Gasteiger partial charge on any atom is -0.494 e. The lowest BCUT2D eigenvalue weighted by molar-refractivity contribution is -0.116. The van der Waals surface area contributed by atoms with Crippen LogP contribution in [0.4, 0.5) is 5.13 Å². The van der Waals surface area contributed by atoms with Crippen LogP contribution in [0.3, 0.4) is 0 Å². The summed E-state index contributed by atoms with van der Waals surface area (Å²) in [5.74, 6) is 0.704. The van der Waals surface area contributed by atoms with E-state index in [0.29, 0.717) is 24.6 Å². The number of hydrogen-bond donors (Lipinski definition) is 1. The number of aromatic nitrogens is 1. The van der Waals surface area contributed by atoms with Gasteiger partial charge in [0.2, 0.25) is 5.91 Å². The fourth-order valence-electron chi connectivity index (χ4n) is 2.50. The van der Waals surface area contributed by atoms with Crippen LogP contribution in [-0.2, 0) is 4.79 Å². The summed E-state index contributed by atoms with van der Waals surface area (Å²) < 4.78 is 5.66. The van der Waals surface area contributed by atoms with Crippen LogP contribution in [-0.4, -0.2) is 17.5 Å². The lowest BCUT2D eigenvalue weighted by atomic mass is 10.1. The molecule has 27 heavy (non-hydrogen) atoms. The van der Waals surface area contributed by atoms with Gasteiger partial charge in [0.25, 0.3) is 0 Å². The van der Waals surface area contributed by atoms with Crippen LogP contribution in [0, 0.1) is 13.8 Å². The summed E-state index contributed by atoms with van der Waals surface area (Å²) >= 11 is 7.42. The Morgan fingerprint density at radius 3 is 2.70 bits per heavy atom. The third-order valence-corrected chi connectivity index (χ3v) is 5.23. The molecule has 1 heterocycles. The number of rotatable bonds is 7. The first-order valence-corrected chi connectivity index (χ1v) is 9.98. The second kappa shape index (κ2) is 9.02. The molecule has 0 aliphatic heterocycles. The number of nitrogens with zero attached hydrogens (tertiary/aromatic N) is 1. The first-order chi connectivity index (χ1) is 13.0. The highest BCUT2D eigenvalue weighted by atomic mass is 35.5. The predicted octanol–water partition coefficient (Wildman–Crippen LogP) is 5.88. The number of aryl methyl sites for hydroxylation is 2. The molecule has 1 N–H and O–H groups in total. The lowest BCUT2D eigenvalue weighted by Crippen LogP contribution is -2.12. The molecule has 0 saturated heterocycles. The number of benzene rings is 2. The highest BCUT2D eigenvalue weighted by Crippen LogP contribution is 2.25. The zero-order valence-electron chi connectivity index (χ0n) is 15.3. The van der Waals surface area contributed by atoms with E-state index in [4.69, 9.17) is 16.3 Å². The molecular weight excluding hydrogens is 380 g/mol. The Labute approximate surface area is 168 Å². The molecule has 0 bridgehead atoms. The van der Waals surface area contributed by atoms with Crippen LogP contribution in [0.15, 0.2) is 47.8 Å². The van der Waals surface area contributed by atoms with Crippen molar-refractivity contribution in [2.75, 3.05) is 11.9 Å². The van der Waals surface area contributed by atoms with Gasteiger partial charge in [-0.1, -0.05) is 41.4 Å². The average molecular weight is 401 g/mol. The van der Waals surface area contributed by atoms with Crippen molar-refractivity contribution < 1.29 is 9.53 Å². The van der Waals surface area contributed by atoms with Crippen molar-refractivity contribution in [1.82, 2.24) is 4.98 Å². The Hall–Kier alpha value is -2.37. The van der Waals surface area contributed by atoms with E-state index in [9.17, 15) is 4.79 Å². The number of carbonyl (C=O) groups excluding carboxylic acids is 1. The van der Waals surface area contributed by atoms with Gasteiger partial charge in [0, 0.05) is 22.4 Å². The Balaban J connectivity index is 1.44. The molecule has 0 aliphatic carbocycles. The fourth-order valence-corrected chi connectivity index (χ4v) is 3.35. The lowest BCUT2D eigenvalue weighted by Gasteiger charge is -2.07. The zero-order valence-corrected chi connectivity index (χ0v) is 16.9. The maximum absolute atomic E-state index is 12.1. The van der Waals surface area contributed by atoms with E-state index in [1.807, 2.05) is 49.6 Å². The Kier molecular flexibility index (Phi) is 6.48. The standard InChI is InChI=1S/C21H21ClN2O2S/c1-14-5-7-16(8-6-14)19-13-27-21(23-19)24-20(25)4-3-11-26-17-9-10-18(22)15(2)12-17/h5-10,12-13H,3-4,11H2,1-2H3,(H,23,24,25). The minimum absolute atomic E-state index is 0.0595. The summed E-state index contributed by atoms with van der Waals surface area (Å²) in [6.45, 7) is 4.46. The zero-order chi connectivity index (χ0) is 19.2. The van der Waals surface area contributed by atoms with Crippen LogP contribution < -0.4 is 10.1 Å². The van der Waals surface area contributed by atoms with Gasteiger partial charge in [0.1, 0.15) is 5.75 Å². The fraction of sp³-hybridized carbons (Fsp3) is 0.238.